The summed E-state index contributed by atoms with van der Waals surface area (Å²) >= 11 is 0. The first-order valence-electron chi connectivity index (χ1n) is 7.27. The van der Waals surface area contributed by atoms with Crippen LogP contribution in [0.5, 0.6) is 0 Å². The molecule has 120 valence electrons. The van der Waals surface area contributed by atoms with Gasteiger partial charge in [0.15, 0.2) is 5.83 Å². The molecule has 0 N–H and O–H groups in total. The Bertz CT molecular complexity index is 574. The molecule has 1 saturated carbocycles. The van der Waals surface area contributed by atoms with E-state index in [1.54, 1.807) is 12.1 Å². The molecule has 0 amide bonds. The van der Waals surface area contributed by atoms with Crippen molar-refractivity contribution in [1.82, 2.24) is 0 Å². The van der Waals surface area contributed by atoms with E-state index in [-0.39, 0.29) is 5.56 Å². The van der Waals surface area contributed by atoms with E-state index in [4.69, 9.17) is 0 Å². The van der Waals surface area contributed by atoms with Gasteiger partial charge < -0.3 is 0 Å². The summed E-state index contributed by atoms with van der Waals surface area (Å²) in [5.41, 5.74) is 0.762. The van der Waals surface area contributed by atoms with Gasteiger partial charge in [0, 0.05) is 5.56 Å². The van der Waals surface area contributed by atoms with Gasteiger partial charge in [-0.1, -0.05) is 44.0 Å². The number of hydrogen-bond acceptors (Lipinski definition) is 0. The molecule has 0 bridgehead atoms. The van der Waals surface area contributed by atoms with E-state index >= 15 is 0 Å². The fraction of sp³-hybridized carbons (Fsp3) is 0.412. The normalized spacial score (nSPS) is 23.0. The van der Waals surface area contributed by atoms with Gasteiger partial charge in [-0.05, 0) is 30.2 Å². The van der Waals surface area contributed by atoms with Crippen LogP contribution in [0.25, 0.3) is 5.83 Å². The van der Waals surface area contributed by atoms with E-state index in [0.717, 1.165) is 31.2 Å². The molecule has 0 aromatic heterocycles. The number of halogens is 5. The third-order valence-corrected chi connectivity index (χ3v) is 4.20. The molecule has 1 aliphatic carbocycles. The minimum absolute atomic E-state index is 0.248. The van der Waals surface area contributed by atoms with Crippen LogP contribution in [0.4, 0.5) is 22.0 Å². The van der Waals surface area contributed by atoms with Crippen LogP contribution >= 0.6 is 0 Å². The molecule has 0 heterocycles. The van der Waals surface area contributed by atoms with Crippen LogP contribution in [0, 0.1) is 5.92 Å². The van der Waals surface area contributed by atoms with Gasteiger partial charge in [0.2, 0.25) is 11.7 Å². The minimum Gasteiger partial charge on any atom is -0.203 e. The average molecular weight is 316 g/mol. The maximum atomic E-state index is 13.7. The van der Waals surface area contributed by atoms with Crippen molar-refractivity contribution in [3.05, 3.63) is 53.1 Å². The molecule has 1 aromatic carbocycles. The Morgan fingerprint density at radius 1 is 0.818 bits per heavy atom. The van der Waals surface area contributed by atoms with Crippen LogP contribution in [0.3, 0.4) is 0 Å². The predicted octanol–water partition coefficient (Wildman–Crippen LogP) is 6.67. The van der Waals surface area contributed by atoms with Crippen LogP contribution in [0.2, 0.25) is 0 Å². The van der Waals surface area contributed by atoms with E-state index in [2.05, 4.69) is 6.92 Å². The molecule has 0 nitrogen and oxygen atoms in total. The first-order chi connectivity index (χ1) is 10.4. The summed E-state index contributed by atoms with van der Waals surface area (Å²) < 4.78 is 63.5. The number of allylic oxidation sites excluding steroid dienone is 2. The maximum absolute atomic E-state index is 13.7. The van der Waals surface area contributed by atoms with Gasteiger partial charge >= 0.3 is 6.08 Å². The second kappa shape index (κ2) is 7.07. The van der Waals surface area contributed by atoms with E-state index in [1.807, 2.05) is 0 Å². The zero-order valence-electron chi connectivity index (χ0n) is 12.2. The summed E-state index contributed by atoms with van der Waals surface area (Å²) in [6, 6.07) is 5.89. The first-order valence-corrected chi connectivity index (χ1v) is 7.27. The minimum atomic E-state index is -2.87. The maximum Gasteiger partial charge on any atom is 0.308 e. The smallest absolute Gasteiger partial charge is 0.203 e. The lowest BCUT2D eigenvalue weighted by Gasteiger charge is -2.26. The van der Waals surface area contributed by atoms with E-state index in [0.29, 0.717) is 11.8 Å². The largest absolute Gasteiger partial charge is 0.308 e. The van der Waals surface area contributed by atoms with Crippen molar-refractivity contribution in [1.29, 1.82) is 0 Å². The monoisotopic (exact) mass is 316 g/mol. The molecule has 0 atom stereocenters. The zero-order chi connectivity index (χ0) is 16.3. The Kier molecular flexibility index (Phi) is 5.37. The highest BCUT2D eigenvalue weighted by molar-refractivity contribution is 5.64. The zero-order valence-corrected chi connectivity index (χ0v) is 12.2. The molecule has 1 aliphatic rings. The van der Waals surface area contributed by atoms with Gasteiger partial charge in [-0.15, -0.1) is 0 Å². The van der Waals surface area contributed by atoms with Crippen molar-refractivity contribution in [2.24, 2.45) is 5.92 Å². The highest BCUT2D eigenvalue weighted by Crippen LogP contribution is 2.36. The standard InChI is InChI=1S/C17H17F5/c1-10-2-4-11(5-3-10)12-6-8-13(9-7-12)14(18)15(19)16(20)17(21)22/h6-11H,2-5H2,1H3/b15-14-. The Morgan fingerprint density at radius 3 is 1.86 bits per heavy atom. The summed E-state index contributed by atoms with van der Waals surface area (Å²) in [6.45, 7) is 2.20. The van der Waals surface area contributed by atoms with Crippen molar-refractivity contribution in [3.63, 3.8) is 0 Å². The third kappa shape index (κ3) is 3.76. The van der Waals surface area contributed by atoms with E-state index in [9.17, 15) is 22.0 Å². The molecule has 0 radical (unpaired) electrons. The lowest BCUT2D eigenvalue weighted by Crippen LogP contribution is -2.10. The van der Waals surface area contributed by atoms with E-state index < -0.39 is 23.6 Å². The van der Waals surface area contributed by atoms with Crippen LogP contribution in [-0.2, 0) is 0 Å². The fourth-order valence-corrected chi connectivity index (χ4v) is 2.80. The van der Waals surface area contributed by atoms with Crippen LogP contribution in [0.1, 0.15) is 49.7 Å². The second-order valence-electron chi connectivity index (χ2n) is 5.78. The quantitative estimate of drug-likeness (QED) is 0.432. The van der Waals surface area contributed by atoms with Gasteiger partial charge in [0.25, 0.3) is 0 Å². The van der Waals surface area contributed by atoms with E-state index in [1.165, 1.54) is 12.1 Å². The van der Waals surface area contributed by atoms with Crippen molar-refractivity contribution in [2.45, 2.75) is 38.5 Å². The molecule has 1 aromatic rings. The average Bonchev–Trinajstić information content (AvgIpc) is 2.53. The van der Waals surface area contributed by atoms with Gasteiger partial charge in [0.05, 0.1) is 0 Å². The van der Waals surface area contributed by atoms with Gasteiger partial charge in [0.1, 0.15) is 0 Å². The molecule has 0 unspecified atom stereocenters. The second-order valence-corrected chi connectivity index (χ2v) is 5.78. The number of benzene rings is 1. The molecule has 0 spiro atoms. The summed E-state index contributed by atoms with van der Waals surface area (Å²) in [7, 11) is 0. The molecule has 2 rings (SSSR count). The highest BCUT2D eigenvalue weighted by Gasteiger charge is 2.21. The van der Waals surface area contributed by atoms with Gasteiger partial charge in [-0.2, -0.15) is 13.2 Å². The van der Waals surface area contributed by atoms with Crippen molar-refractivity contribution in [3.8, 4) is 0 Å². The molecule has 22 heavy (non-hydrogen) atoms. The topological polar surface area (TPSA) is 0 Å². The summed E-state index contributed by atoms with van der Waals surface area (Å²) in [4.78, 5) is 0. The summed E-state index contributed by atoms with van der Waals surface area (Å²) in [5, 5.41) is 0. The summed E-state index contributed by atoms with van der Waals surface area (Å²) in [6.07, 6.45) is 1.46. The lowest BCUT2D eigenvalue weighted by atomic mass is 9.79. The molecule has 5 heteroatoms. The molecule has 0 saturated heterocycles. The number of rotatable bonds is 3. The Balaban J connectivity index is 2.18. The molecular formula is C17H17F5. The van der Waals surface area contributed by atoms with Crippen LogP contribution in [0.15, 0.2) is 42.0 Å². The summed E-state index contributed by atoms with van der Waals surface area (Å²) in [5.74, 6) is -5.16. The first kappa shape index (κ1) is 16.7. The predicted molar refractivity (Wildman–Crippen MR) is 76.3 cm³/mol. The lowest BCUT2D eigenvalue weighted by molar-refractivity contribution is 0.348. The highest BCUT2D eigenvalue weighted by atomic mass is 19.3. The van der Waals surface area contributed by atoms with Crippen LogP contribution < -0.4 is 0 Å². The number of hydrogen-bond donors (Lipinski definition) is 0. The van der Waals surface area contributed by atoms with Crippen molar-refractivity contribution >= 4 is 5.83 Å². The van der Waals surface area contributed by atoms with Crippen molar-refractivity contribution in [2.75, 3.05) is 0 Å². The van der Waals surface area contributed by atoms with Crippen molar-refractivity contribution < 1.29 is 22.0 Å². The van der Waals surface area contributed by atoms with Gasteiger partial charge in [-0.25, -0.2) is 8.78 Å². The van der Waals surface area contributed by atoms with Crippen LogP contribution in [-0.4, -0.2) is 0 Å². The van der Waals surface area contributed by atoms with Gasteiger partial charge in [-0.3, -0.25) is 0 Å². The Hall–Kier alpha value is -1.65. The molecule has 0 aliphatic heterocycles. The third-order valence-electron chi connectivity index (χ3n) is 4.20. The Labute approximate surface area is 126 Å². The molecular weight excluding hydrogens is 299 g/mol. The fourth-order valence-electron chi connectivity index (χ4n) is 2.80. The molecule has 1 fully saturated rings. The Morgan fingerprint density at radius 2 is 1.36 bits per heavy atom. The SMILES string of the molecule is CC1CCC(c2ccc(/C(F)=C(/F)C(F)=C(F)F)cc2)CC1.